The smallest absolute Gasteiger partial charge is 0.344 e. The molecule has 0 radical (unpaired) electrons. The lowest BCUT2D eigenvalue weighted by molar-refractivity contribution is -0.145. The number of ether oxygens (including phenoxy) is 4. The van der Waals surface area contributed by atoms with Crippen molar-refractivity contribution in [1.82, 2.24) is 14.8 Å². The quantitative estimate of drug-likeness (QED) is 0.215. The van der Waals surface area contributed by atoms with Crippen molar-refractivity contribution in [3.63, 3.8) is 0 Å². The molecule has 0 aliphatic carbocycles. The molecule has 11 heteroatoms. The molecule has 3 aromatic rings. The van der Waals surface area contributed by atoms with Crippen LogP contribution in [0.25, 0.3) is 17.5 Å². The molecule has 1 N–H and O–H groups in total. The number of carbonyl (C=O) groups excluding carboxylic acids is 1. The Bertz CT molecular complexity index is 1230. The van der Waals surface area contributed by atoms with E-state index in [0.29, 0.717) is 45.9 Å². The minimum Gasteiger partial charge on any atom is -0.497 e. The highest BCUT2D eigenvalue weighted by molar-refractivity contribution is 8.04. The maximum atomic E-state index is 12.1. The van der Waals surface area contributed by atoms with Crippen LogP contribution in [0.4, 0.5) is 0 Å². The highest BCUT2D eigenvalue weighted by Gasteiger charge is 2.20. The Balaban J connectivity index is 1.93. The fourth-order valence-electron chi connectivity index (χ4n) is 3.24. The maximum absolute atomic E-state index is 12.1. The topological polar surface area (TPSA) is 122 Å². The van der Waals surface area contributed by atoms with Crippen LogP contribution in [0.15, 0.2) is 52.5 Å². The zero-order valence-electron chi connectivity index (χ0n) is 20.4. The van der Waals surface area contributed by atoms with Gasteiger partial charge in [-0.3, -0.25) is 0 Å². The second-order valence-corrected chi connectivity index (χ2v) is 8.21. The molecule has 0 saturated carbocycles. The van der Waals surface area contributed by atoms with Gasteiger partial charge >= 0.3 is 11.9 Å². The largest absolute Gasteiger partial charge is 0.497 e. The van der Waals surface area contributed by atoms with Gasteiger partial charge in [-0.2, -0.15) is 0 Å². The Kier molecular flexibility index (Phi) is 9.34. The number of carbonyl (C=O) groups is 2. The molecule has 0 amide bonds. The summed E-state index contributed by atoms with van der Waals surface area (Å²) in [5.74, 6) is 0.424. The Labute approximate surface area is 212 Å². The monoisotopic (exact) mass is 513 g/mol. The van der Waals surface area contributed by atoms with Gasteiger partial charge in [-0.25, -0.2) is 9.59 Å². The number of benzene rings is 2. The van der Waals surface area contributed by atoms with Crippen molar-refractivity contribution in [3.05, 3.63) is 52.9 Å². The number of nitrogens with zero attached hydrogens (tertiary/aromatic N) is 3. The van der Waals surface area contributed by atoms with Crippen molar-refractivity contribution in [2.75, 3.05) is 27.4 Å². The number of rotatable bonds is 12. The normalized spacial score (nSPS) is 11.2. The molecule has 1 heterocycles. The molecular formula is C25H27N3O7S. The van der Waals surface area contributed by atoms with Gasteiger partial charge in [-0.05, 0) is 49.9 Å². The number of hydrogen-bond acceptors (Lipinski definition) is 9. The van der Waals surface area contributed by atoms with E-state index in [1.54, 1.807) is 68.2 Å². The van der Waals surface area contributed by atoms with Crippen LogP contribution in [-0.4, -0.2) is 59.2 Å². The van der Waals surface area contributed by atoms with Gasteiger partial charge in [0, 0.05) is 23.7 Å². The molecule has 1 aromatic heterocycles. The molecule has 0 aliphatic rings. The molecule has 2 aromatic carbocycles. The molecular weight excluding hydrogens is 486 g/mol. The van der Waals surface area contributed by atoms with E-state index in [0.717, 1.165) is 11.8 Å². The summed E-state index contributed by atoms with van der Waals surface area (Å²) in [6.07, 6.45) is 1.47. The minimum atomic E-state index is -1.14. The molecule has 3 rings (SSSR count). The number of esters is 1. The number of carboxylic acids is 1. The highest BCUT2D eigenvalue weighted by atomic mass is 32.2. The summed E-state index contributed by atoms with van der Waals surface area (Å²) >= 11 is 0.961. The lowest BCUT2D eigenvalue weighted by Crippen LogP contribution is -2.15. The van der Waals surface area contributed by atoms with E-state index in [9.17, 15) is 14.7 Å². The molecule has 10 nitrogen and oxygen atoms in total. The lowest BCUT2D eigenvalue weighted by Gasteiger charge is -2.11. The fraction of sp³-hybridized carbons (Fsp3) is 0.280. The van der Waals surface area contributed by atoms with Crippen molar-refractivity contribution >= 4 is 29.8 Å². The molecule has 36 heavy (non-hydrogen) atoms. The Morgan fingerprint density at radius 1 is 1.06 bits per heavy atom. The summed E-state index contributed by atoms with van der Waals surface area (Å²) in [5, 5.41) is 18.8. The number of methoxy groups -OCH3 is 2. The van der Waals surface area contributed by atoms with Gasteiger partial charge in [0.25, 0.3) is 0 Å². The molecule has 0 bridgehead atoms. The molecule has 0 atom stereocenters. The van der Waals surface area contributed by atoms with Crippen molar-refractivity contribution < 1.29 is 33.6 Å². The number of aromatic nitrogens is 3. The number of thioether (sulfide) groups is 1. The van der Waals surface area contributed by atoms with E-state index in [2.05, 4.69) is 10.2 Å². The second-order valence-electron chi connectivity index (χ2n) is 7.20. The van der Waals surface area contributed by atoms with Crippen LogP contribution >= 0.6 is 11.8 Å². The molecule has 0 saturated heterocycles. The molecule has 0 spiro atoms. The van der Waals surface area contributed by atoms with Crippen molar-refractivity contribution in [2.45, 2.75) is 25.5 Å². The summed E-state index contributed by atoms with van der Waals surface area (Å²) < 4.78 is 22.9. The zero-order chi connectivity index (χ0) is 26.1. The summed E-state index contributed by atoms with van der Waals surface area (Å²) in [6, 6.07) is 12.2. The van der Waals surface area contributed by atoms with Crippen LogP contribution in [0.3, 0.4) is 0 Å². The van der Waals surface area contributed by atoms with Crippen molar-refractivity contribution in [2.24, 2.45) is 0 Å². The predicted molar refractivity (Wildman–Crippen MR) is 134 cm³/mol. The van der Waals surface area contributed by atoms with Gasteiger partial charge < -0.3 is 28.6 Å². The minimum absolute atomic E-state index is 0.000873. The molecule has 0 unspecified atom stereocenters. The SMILES string of the molecule is CCOC(=O)COc1ccccc1/C=C(\Sc1nnc(-c2cc(OC)cc(OC)c2)n1CC)C(=O)O. The van der Waals surface area contributed by atoms with E-state index >= 15 is 0 Å². The van der Waals surface area contributed by atoms with Crippen LogP contribution in [0, 0.1) is 0 Å². The molecule has 0 fully saturated rings. The van der Waals surface area contributed by atoms with E-state index in [-0.39, 0.29) is 18.1 Å². The number of hydrogen-bond donors (Lipinski definition) is 1. The van der Waals surface area contributed by atoms with E-state index in [1.807, 2.05) is 6.92 Å². The van der Waals surface area contributed by atoms with Gasteiger partial charge in [0.1, 0.15) is 22.2 Å². The lowest BCUT2D eigenvalue weighted by atomic mass is 10.2. The first-order chi connectivity index (χ1) is 17.4. The summed E-state index contributed by atoms with van der Waals surface area (Å²) in [7, 11) is 3.12. The van der Waals surface area contributed by atoms with Crippen LogP contribution in [0.1, 0.15) is 19.4 Å². The average Bonchev–Trinajstić information content (AvgIpc) is 3.30. The second kappa shape index (κ2) is 12.6. The highest BCUT2D eigenvalue weighted by Crippen LogP contribution is 2.34. The van der Waals surface area contributed by atoms with Gasteiger partial charge in [0.15, 0.2) is 17.6 Å². The first-order valence-electron chi connectivity index (χ1n) is 11.1. The third-order valence-electron chi connectivity index (χ3n) is 4.91. The van der Waals surface area contributed by atoms with Gasteiger partial charge in [0.05, 0.1) is 20.8 Å². The first kappa shape index (κ1) is 26.6. The predicted octanol–water partition coefficient (Wildman–Crippen LogP) is 4.14. The van der Waals surface area contributed by atoms with Crippen molar-refractivity contribution in [1.29, 1.82) is 0 Å². The Morgan fingerprint density at radius 2 is 1.75 bits per heavy atom. The number of para-hydroxylation sites is 1. The van der Waals surface area contributed by atoms with Gasteiger partial charge in [-0.15, -0.1) is 10.2 Å². The summed E-state index contributed by atoms with van der Waals surface area (Å²) in [4.78, 5) is 23.8. The van der Waals surface area contributed by atoms with Crippen molar-refractivity contribution in [3.8, 4) is 28.6 Å². The Hall–Kier alpha value is -3.99. The number of carboxylic acid groups (broad SMARTS) is 1. The van der Waals surface area contributed by atoms with Crippen LogP contribution < -0.4 is 14.2 Å². The third kappa shape index (κ3) is 6.57. The summed E-state index contributed by atoms with van der Waals surface area (Å²) in [5.41, 5.74) is 1.21. The van der Waals surface area contributed by atoms with E-state index in [1.165, 1.54) is 6.08 Å². The summed E-state index contributed by atoms with van der Waals surface area (Å²) in [6.45, 7) is 4.07. The fourth-order valence-corrected chi connectivity index (χ4v) is 4.12. The average molecular weight is 514 g/mol. The van der Waals surface area contributed by atoms with Crippen LogP contribution in [0.2, 0.25) is 0 Å². The van der Waals surface area contributed by atoms with E-state index < -0.39 is 11.9 Å². The Morgan fingerprint density at radius 3 is 2.36 bits per heavy atom. The third-order valence-corrected chi connectivity index (χ3v) is 5.91. The zero-order valence-corrected chi connectivity index (χ0v) is 21.2. The van der Waals surface area contributed by atoms with Crippen LogP contribution in [-0.2, 0) is 20.9 Å². The van der Waals surface area contributed by atoms with Crippen LogP contribution in [0.5, 0.6) is 17.2 Å². The molecule has 0 aliphatic heterocycles. The maximum Gasteiger partial charge on any atom is 0.344 e. The molecule has 190 valence electrons. The first-order valence-corrected chi connectivity index (χ1v) is 11.9. The van der Waals surface area contributed by atoms with E-state index in [4.69, 9.17) is 18.9 Å². The standard InChI is InChI=1S/C25H27N3O7S/c1-5-28-23(17-11-18(32-3)14-19(12-17)33-4)26-27-25(28)36-21(24(30)31)13-16-9-7-8-10-20(16)35-15-22(29)34-6-2/h7-14H,5-6,15H2,1-4H3,(H,30,31)/b21-13-. The van der Waals surface area contributed by atoms with Gasteiger partial charge in [0.2, 0.25) is 0 Å². The van der Waals surface area contributed by atoms with Gasteiger partial charge in [-0.1, -0.05) is 18.2 Å². The number of aliphatic carboxylic acids is 1.